The third kappa shape index (κ3) is 5.50. The van der Waals surface area contributed by atoms with Crippen LogP contribution in [0.4, 0.5) is 5.69 Å². The second-order valence-corrected chi connectivity index (χ2v) is 10.5. The number of sulfonamides is 1. The van der Waals surface area contributed by atoms with E-state index in [4.69, 9.17) is 0 Å². The summed E-state index contributed by atoms with van der Waals surface area (Å²) in [7, 11) is -3.20. The number of piperidine rings is 1. The second-order valence-electron chi connectivity index (χ2n) is 8.53. The molecule has 0 radical (unpaired) electrons. The van der Waals surface area contributed by atoms with Gasteiger partial charge >= 0.3 is 0 Å². The van der Waals surface area contributed by atoms with Crippen LogP contribution in [-0.4, -0.2) is 60.9 Å². The fourth-order valence-electron chi connectivity index (χ4n) is 4.42. The molecule has 31 heavy (non-hydrogen) atoms. The Bertz CT molecular complexity index is 1020. The summed E-state index contributed by atoms with van der Waals surface area (Å²) in [4.78, 5) is 19.7. The van der Waals surface area contributed by atoms with E-state index in [0.29, 0.717) is 18.7 Å². The van der Waals surface area contributed by atoms with Crippen molar-refractivity contribution in [2.24, 2.45) is 0 Å². The second kappa shape index (κ2) is 9.46. The van der Waals surface area contributed by atoms with Crippen molar-refractivity contribution in [3.05, 3.63) is 59.4 Å². The topological polar surface area (TPSA) is 82.6 Å². The summed E-state index contributed by atoms with van der Waals surface area (Å²) in [6, 6.07) is 11.6. The molecule has 1 aromatic carbocycles. The van der Waals surface area contributed by atoms with Crippen LogP contribution in [0, 0.1) is 0 Å². The van der Waals surface area contributed by atoms with Crippen LogP contribution in [0.1, 0.15) is 53.2 Å². The quantitative estimate of drug-likeness (QED) is 0.743. The average Bonchev–Trinajstić information content (AvgIpc) is 3.28. The van der Waals surface area contributed by atoms with Crippen LogP contribution in [-0.2, 0) is 16.6 Å². The molecule has 0 spiro atoms. The number of anilines is 1. The number of para-hydroxylation sites is 1. The molecule has 1 N–H and O–H groups in total. The van der Waals surface area contributed by atoms with Gasteiger partial charge in [-0.1, -0.05) is 18.2 Å². The van der Waals surface area contributed by atoms with Gasteiger partial charge in [0, 0.05) is 43.1 Å². The van der Waals surface area contributed by atoms with Crippen LogP contribution < -0.4 is 5.32 Å². The van der Waals surface area contributed by atoms with Gasteiger partial charge in [0.15, 0.2) is 0 Å². The third-order valence-electron chi connectivity index (χ3n) is 6.18. The Kier molecular flexibility index (Phi) is 6.69. The van der Waals surface area contributed by atoms with Crippen molar-refractivity contribution in [1.29, 1.82) is 0 Å². The molecule has 2 fully saturated rings. The fourth-order valence-corrected chi connectivity index (χ4v) is 5.33. The van der Waals surface area contributed by atoms with E-state index < -0.39 is 10.0 Å². The summed E-state index contributed by atoms with van der Waals surface area (Å²) in [6.07, 6.45) is 7.01. The molecule has 3 heterocycles. The van der Waals surface area contributed by atoms with Gasteiger partial charge in [-0.15, -0.1) is 0 Å². The number of benzene rings is 1. The Labute approximate surface area is 184 Å². The summed E-state index contributed by atoms with van der Waals surface area (Å²) in [5.74, 6) is -0.129. The number of pyridine rings is 1. The zero-order chi connectivity index (χ0) is 21.8. The van der Waals surface area contributed by atoms with Crippen molar-refractivity contribution in [1.82, 2.24) is 14.2 Å². The number of aromatic nitrogens is 1. The molecule has 8 heteroatoms. The number of likely N-dealkylation sites (tertiary alicyclic amines) is 1. The number of rotatable bonds is 6. The van der Waals surface area contributed by atoms with Gasteiger partial charge in [-0.05, 0) is 62.5 Å². The van der Waals surface area contributed by atoms with Crippen LogP contribution in [0.5, 0.6) is 0 Å². The number of nitrogens with one attached hydrogen (secondary N) is 1. The molecule has 166 valence electrons. The molecule has 1 aromatic heterocycles. The molecule has 2 saturated heterocycles. The number of carbonyl (C=O) groups is 1. The van der Waals surface area contributed by atoms with Gasteiger partial charge in [0.1, 0.15) is 0 Å². The lowest BCUT2D eigenvalue weighted by molar-refractivity contribution is 0.102. The van der Waals surface area contributed by atoms with Crippen molar-refractivity contribution in [3.63, 3.8) is 0 Å². The molecule has 7 nitrogen and oxygen atoms in total. The minimum atomic E-state index is -3.20. The molecule has 1 amide bonds. The lowest BCUT2D eigenvalue weighted by Gasteiger charge is -2.30. The van der Waals surface area contributed by atoms with Crippen molar-refractivity contribution in [3.8, 4) is 0 Å². The maximum Gasteiger partial charge on any atom is 0.257 e. The van der Waals surface area contributed by atoms with E-state index >= 15 is 0 Å². The summed E-state index contributed by atoms with van der Waals surface area (Å²) < 4.78 is 25.2. The summed E-state index contributed by atoms with van der Waals surface area (Å²) in [5, 5.41) is 3.03. The number of amides is 1. The Hall–Kier alpha value is -2.29. The molecule has 2 aromatic rings. The predicted molar refractivity (Wildman–Crippen MR) is 122 cm³/mol. The van der Waals surface area contributed by atoms with E-state index in [1.807, 2.05) is 24.3 Å². The van der Waals surface area contributed by atoms with Crippen molar-refractivity contribution in [2.45, 2.75) is 38.1 Å². The van der Waals surface area contributed by atoms with E-state index in [9.17, 15) is 13.2 Å². The largest absolute Gasteiger partial charge is 0.322 e. The Morgan fingerprint density at radius 3 is 2.58 bits per heavy atom. The van der Waals surface area contributed by atoms with Crippen molar-refractivity contribution in [2.75, 3.05) is 37.8 Å². The minimum Gasteiger partial charge on any atom is -0.322 e. The summed E-state index contributed by atoms with van der Waals surface area (Å²) in [6.45, 7) is 4.05. The van der Waals surface area contributed by atoms with Crippen molar-refractivity contribution < 1.29 is 13.2 Å². The Balaban J connectivity index is 1.42. The van der Waals surface area contributed by atoms with Gasteiger partial charge in [0.25, 0.3) is 5.91 Å². The van der Waals surface area contributed by atoms with Gasteiger partial charge in [0.2, 0.25) is 10.0 Å². The molecule has 2 aliphatic rings. The molecule has 0 unspecified atom stereocenters. The smallest absolute Gasteiger partial charge is 0.257 e. The minimum absolute atomic E-state index is 0.0572. The first kappa shape index (κ1) is 21.9. The van der Waals surface area contributed by atoms with E-state index in [2.05, 4.69) is 21.3 Å². The first-order chi connectivity index (χ1) is 14.9. The summed E-state index contributed by atoms with van der Waals surface area (Å²) >= 11 is 0. The van der Waals surface area contributed by atoms with Crippen LogP contribution in [0.15, 0.2) is 42.6 Å². The maximum absolute atomic E-state index is 12.8. The number of hydrogen-bond donors (Lipinski definition) is 1. The predicted octanol–water partition coefficient (Wildman–Crippen LogP) is 3.07. The number of hydrogen-bond acceptors (Lipinski definition) is 5. The van der Waals surface area contributed by atoms with E-state index in [1.54, 1.807) is 12.3 Å². The first-order valence-corrected chi connectivity index (χ1v) is 12.8. The lowest BCUT2D eigenvalue weighted by Crippen LogP contribution is -2.38. The highest BCUT2D eigenvalue weighted by atomic mass is 32.2. The maximum atomic E-state index is 12.8. The molecule has 0 bridgehead atoms. The molecule has 4 rings (SSSR count). The molecular weight excluding hydrogens is 412 g/mol. The van der Waals surface area contributed by atoms with Gasteiger partial charge in [0.05, 0.1) is 11.8 Å². The van der Waals surface area contributed by atoms with Gasteiger partial charge in [-0.2, -0.15) is 0 Å². The highest BCUT2D eigenvalue weighted by molar-refractivity contribution is 7.88. The van der Waals surface area contributed by atoms with E-state index in [-0.39, 0.29) is 11.8 Å². The highest BCUT2D eigenvalue weighted by Gasteiger charge is 2.27. The SMILES string of the molecule is CS(=O)(=O)N1CCC[C@H](c2ccc(C(=O)Nc3ccccc3CN3CCCC3)cn2)C1. The van der Waals surface area contributed by atoms with Gasteiger partial charge < -0.3 is 5.32 Å². The monoisotopic (exact) mass is 442 g/mol. The van der Waals surface area contributed by atoms with Crippen molar-refractivity contribution >= 4 is 21.6 Å². The zero-order valence-corrected chi connectivity index (χ0v) is 18.8. The Morgan fingerprint density at radius 1 is 1.10 bits per heavy atom. The van der Waals surface area contributed by atoms with Crippen LogP contribution >= 0.6 is 0 Å². The highest BCUT2D eigenvalue weighted by Crippen LogP contribution is 2.27. The normalized spacial score (nSPS) is 20.6. The first-order valence-electron chi connectivity index (χ1n) is 10.9. The van der Waals surface area contributed by atoms with Crippen LogP contribution in [0.25, 0.3) is 0 Å². The molecule has 1 atom stereocenters. The molecular formula is C23H30N4O3S. The number of nitrogens with zero attached hydrogens (tertiary/aromatic N) is 3. The molecule has 0 aliphatic carbocycles. The zero-order valence-electron chi connectivity index (χ0n) is 18.0. The van der Waals surface area contributed by atoms with Crippen LogP contribution in [0.3, 0.4) is 0 Å². The van der Waals surface area contributed by atoms with E-state index in [0.717, 1.165) is 49.4 Å². The molecule has 0 saturated carbocycles. The Morgan fingerprint density at radius 2 is 1.87 bits per heavy atom. The average molecular weight is 443 g/mol. The van der Waals surface area contributed by atoms with Gasteiger partial charge in [-0.3, -0.25) is 14.7 Å². The van der Waals surface area contributed by atoms with Gasteiger partial charge in [-0.25, -0.2) is 12.7 Å². The molecule has 2 aliphatic heterocycles. The standard InChI is InChI=1S/C23H30N4O3S/c1-31(29,30)27-14-6-8-20(17-27)21-11-10-18(15-24-21)23(28)25-22-9-3-2-7-19(22)16-26-12-4-5-13-26/h2-3,7,9-11,15,20H,4-6,8,12-14,16-17H2,1H3,(H,25,28)/t20-/m0/s1. The fraction of sp³-hybridized carbons (Fsp3) is 0.478. The van der Waals surface area contributed by atoms with E-state index in [1.165, 1.54) is 23.4 Å². The summed E-state index contributed by atoms with van der Waals surface area (Å²) in [5.41, 5.74) is 3.28. The number of carbonyl (C=O) groups excluding carboxylic acids is 1. The third-order valence-corrected chi connectivity index (χ3v) is 7.45. The van der Waals surface area contributed by atoms with Crippen LogP contribution in [0.2, 0.25) is 0 Å². The lowest BCUT2D eigenvalue weighted by atomic mass is 9.95.